The minimum absolute atomic E-state index is 0.111. The lowest BCUT2D eigenvalue weighted by Crippen LogP contribution is -2.50. The number of hydrazine groups is 1. The Balaban J connectivity index is 2.34. The van der Waals surface area contributed by atoms with Crippen LogP contribution in [-0.2, 0) is 4.74 Å². The average Bonchev–Trinajstić information content (AvgIpc) is 2.44. The maximum absolute atomic E-state index is 13.3. The highest BCUT2D eigenvalue weighted by Crippen LogP contribution is 2.43. The molecule has 20 heavy (non-hydrogen) atoms. The van der Waals surface area contributed by atoms with Crippen molar-refractivity contribution in [3.63, 3.8) is 0 Å². The van der Waals surface area contributed by atoms with Gasteiger partial charge in [-0.1, -0.05) is 13.0 Å². The molecule has 0 amide bonds. The predicted molar refractivity (Wildman–Crippen MR) is 78.6 cm³/mol. The van der Waals surface area contributed by atoms with Gasteiger partial charge in [-0.25, -0.2) is 4.39 Å². The zero-order chi connectivity index (χ0) is 14.8. The molecule has 1 atom stereocenters. The topological polar surface area (TPSA) is 47.3 Å². The van der Waals surface area contributed by atoms with E-state index in [1.165, 1.54) is 6.07 Å². The predicted octanol–water partition coefficient (Wildman–Crippen LogP) is 3.23. The Bertz CT molecular complexity index is 456. The molecule has 1 aromatic rings. The van der Waals surface area contributed by atoms with Gasteiger partial charge in [-0.3, -0.25) is 11.3 Å². The van der Waals surface area contributed by atoms with Crippen LogP contribution in [0.2, 0.25) is 0 Å². The quantitative estimate of drug-likeness (QED) is 0.657. The van der Waals surface area contributed by atoms with Crippen LogP contribution in [-0.4, -0.2) is 12.7 Å². The van der Waals surface area contributed by atoms with Crippen LogP contribution in [0.15, 0.2) is 18.2 Å². The van der Waals surface area contributed by atoms with E-state index in [1.807, 2.05) is 13.0 Å². The third-order valence-electron chi connectivity index (χ3n) is 4.76. The van der Waals surface area contributed by atoms with Crippen LogP contribution in [0.4, 0.5) is 4.39 Å². The van der Waals surface area contributed by atoms with E-state index < -0.39 is 0 Å². The van der Waals surface area contributed by atoms with Crippen LogP contribution in [0.25, 0.3) is 0 Å². The van der Waals surface area contributed by atoms with E-state index >= 15 is 0 Å². The number of halogens is 1. The summed E-state index contributed by atoms with van der Waals surface area (Å²) in [5.41, 5.74) is 4.53. The van der Waals surface area contributed by atoms with Gasteiger partial charge >= 0.3 is 0 Å². The number of aryl methyl sites for hydroxylation is 1. The molecule has 1 saturated carbocycles. The highest BCUT2D eigenvalue weighted by molar-refractivity contribution is 5.32. The molecule has 2 rings (SSSR count). The molecular formula is C16H25FN2O. The third-order valence-corrected chi connectivity index (χ3v) is 4.76. The largest absolute Gasteiger partial charge is 0.376 e. The van der Waals surface area contributed by atoms with E-state index in [-0.39, 0.29) is 17.5 Å². The van der Waals surface area contributed by atoms with Gasteiger partial charge in [0.05, 0.1) is 11.6 Å². The second-order valence-corrected chi connectivity index (χ2v) is 6.05. The maximum atomic E-state index is 13.3. The minimum atomic E-state index is -0.302. The van der Waals surface area contributed by atoms with Gasteiger partial charge in [0.1, 0.15) is 5.82 Å². The van der Waals surface area contributed by atoms with Crippen LogP contribution in [0.3, 0.4) is 0 Å². The lowest BCUT2D eigenvalue weighted by atomic mass is 9.73. The van der Waals surface area contributed by atoms with Crippen LogP contribution in [0.5, 0.6) is 0 Å². The van der Waals surface area contributed by atoms with Crippen molar-refractivity contribution in [3.8, 4) is 0 Å². The number of nitrogens with one attached hydrogen (secondary N) is 1. The molecule has 1 aromatic carbocycles. The zero-order valence-corrected chi connectivity index (χ0v) is 12.6. The van der Waals surface area contributed by atoms with Gasteiger partial charge in [-0.05, 0) is 61.8 Å². The Hall–Kier alpha value is -0.970. The van der Waals surface area contributed by atoms with E-state index in [0.717, 1.165) is 42.7 Å². The van der Waals surface area contributed by atoms with Gasteiger partial charge in [-0.2, -0.15) is 0 Å². The number of methoxy groups -OCH3 is 1. The summed E-state index contributed by atoms with van der Waals surface area (Å²) in [5, 5.41) is 0. The van der Waals surface area contributed by atoms with E-state index in [2.05, 4.69) is 12.3 Å². The van der Waals surface area contributed by atoms with Crippen LogP contribution in [0.1, 0.15) is 49.8 Å². The smallest absolute Gasteiger partial charge is 0.123 e. The van der Waals surface area contributed by atoms with Crippen molar-refractivity contribution in [1.82, 2.24) is 5.43 Å². The van der Waals surface area contributed by atoms with Crippen molar-refractivity contribution in [2.24, 2.45) is 11.8 Å². The second-order valence-electron chi connectivity index (χ2n) is 6.05. The first-order chi connectivity index (χ1) is 9.52. The van der Waals surface area contributed by atoms with Crippen molar-refractivity contribution in [3.05, 3.63) is 35.1 Å². The number of ether oxygens (including phenoxy) is 1. The molecule has 0 saturated heterocycles. The number of benzene rings is 1. The van der Waals surface area contributed by atoms with Gasteiger partial charge in [0.15, 0.2) is 0 Å². The summed E-state index contributed by atoms with van der Waals surface area (Å²) in [6, 6.07) is 4.74. The Morgan fingerprint density at radius 2 is 2.05 bits per heavy atom. The van der Waals surface area contributed by atoms with Crippen LogP contribution < -0.4 is 11.3 Å². The molecule has 0 aliphatic heterocycles. The Morgan fingerprint density at radius 1 is 1.40 bits per heavy atom. The Kier molecular flexibility index (Phi) is 4.78. The highest BCUT2D eigenvalue weighted by atomic mass is 19.1. The molecule has 4 heteroatoms. The molecule has 3 N–H and O–H groups in total. The fraction of sp³-hybridized carbons (Fsp3) is 0.625. The van der Waals surface area contributed by atoms with Gasteiger partial charge in [-0.15, -0.1) is 0 Å². The molecule has 0 radical (unpaired) electrons. The van der Waals surface area contributed by atoms with Gasteiger partial charge < -0.3 is 4.74 Å². The maximum Gasteiger partial charge on any atom is 0.123 e. The number of rotatable bonds is 4. The third kappa shape index (κ3) is 2.87. The molecule has 112 valence electrons. The normalized spacial score (nSPS) is 28.4. The van der Waals surface area contributed by atoms with Crippen molar-refractivity contribution in [2.45, 2.75) is 51.2 Å². The van der Waals surface area contributed by atoms with Gasteiger partial charge in [0.25, 0.3) is 0 Å². The van der Waals surface area contributed by atoms with Crippen LogP contribution in [0, 0.1) is 18.7 Å². The highest BCUT2D eigenvalue weighted by Gasteiger charge is 2.42. The summed E-state index contributed by atoms with van der Waals surface area (Å²) >= 11 is 0. The SMILES string of the molecule is COC1(C(NN)c2ccc(F)cc2C)CCC(C)CC1. The van der Waals surface area contributed by atoms with E-state index in [4.69, 9.17) is 10.6 Å². The molecule has 0 heterocycles. The van der Waals surface area contributed by atoms with Crippen molar-refractivity contribution in [2.75, 3.05) is 7.11 Å². The first-order valence-electron chi connectivity index (χ1n) is 7.30. The molecular weight excluding hydrogens is 255 g/mol. The molecule has 1 aliphatic carbocycles. The molecule has 1 fully saturated rings. The summed E-state index contributed by atoms with van der Waals surface area (Å²) in [4.78, 5) is 0. The van der Waals surface area contributed by atoms with Crippen molar-refractivity contribution >= 4 is 0 Å². The lowest BCUT2D eigenvalue weighted by Gasteiger charge is -2.44. The average molecular weight is 280 g/mol. The minimum Gasteiger partial charge on any atom is -0.376 e. The summed E-state index contributed by atoms with van der Waals surface area (Å²) in [5.74, 6) is 6.33. The molecule has 1 unspecified atom stereocenters. The van der Waals surface area contributed by atoms with Crippen molar-refractivity contribution < 1.29 is 9.13 Å². The summed E-state index contributed by atoms with van der Waals surface area (Å²) < 4.78 is 19.2. The molecule has 0 bridgehead atoms. The Morgan fingerprint density at radius 3 is 2.55 bits per heavy atom. The number of hydrogen-bond donors (Lipinski definition) is 2. The molecule has 0 spiro atoms. The summed E-state index contributed by atoms with van der Waals surface area (Å²) in [6.07, 6.45) is 4.20. The molecule has 3 nitrogen and oxygen atoms in total. The first-order valence-corrected chi connectivity index (χ1v) is 7.30. The van der Waals surface area contributed by atoms with Crippen LogP contribution >= 0.6 is 0 Å². The van der Waals surface area contributed by atoms with E-state index in [9.17, 15) is 4.39 Å². The van der Waals surface area contributed by atoms with Crippen molar-refractivity contribution in [1.29, 1.82) is 0 Å². The monoisotopic (exact) mass is 280 g/mol. The van der Waals surface area contributed by atoms with E-state index in [1.54, 1.807) is 13.2 Å². The zero-order valence-electron chi connectivity index (χ0n) is 12.6. The van der Waals surface area contributed by atoms with E-state index in [0.29, 0.717) is 0 Å². The summed E-state index contributed by atoms with van der Waals surface area (Å²) in [6.45, 7) is 4.19. The first kappa shape index (κ1) is 15.4. The lowest BCUT2D eigenvalue weighted by molar-refractivity contribution is -0.0763. The standard InChI is InChI=1S/C16H25FN2O/c1-11-6-8-16(20-3,9-7-11)15(19-18)14-5-4-13(17)10-12(14)2/h4-5,10-11,15,19H,6-9,18H2,1-3H3. The number of hydrogen-bond acceptors (Lipinski definition) is 3. The Labute approximate surface area is 120 Å². The molecule has 1 aliphatic rings. The summed E-state index contributed by atoms with van der Waals surface area (Å²) in [7, 11) is 1.75. The van der Waals surface area contributed by atoms with Gasteiger partial charge in [0, 0.05) is 7.11 Å². The number of nitrogens with two attached hydrogens (primary N) is 1. The fourth-order valence-corrected chi connectivity index (χ4v) is 3.35. The fourth-order valence-electron chi connectivity index (χ4n) is 3.35. The molecule has 0 aromatic heterocycles. The second kappa shape index (κ2) is 6.20. The van der Waals surface area contributed by atoms with Gasteiger partial charge in [0.2, 0.25) is 0 Å².